The van der Waals surface area contributed by atoms with E-state index in [0.717, 1.165) is 17.5 Å². The van der Waals surface area contributed by atoms with Crippen LogP contribution < -0.4 is 5.32 Å². The van der Waals surface area contributed by atoms with Crippen molar-refractivity contribution in [1.29, 1.82) is 0 Å². The Labute approximate surface area is 132 Å². The first-order valence-corrected chi connectivity index (χ1v) is 7.56. The molecule has 3 aromatic heterocycles. The minimum atomic E-state index is -0.0626. The molecule has 0 aromatic carbocycles. The third-order valence-electron chi connectivity index (χ3n) is 4.17. The molecule has 1 amide bonds. The number of pyridine rings is 1. The number of carbonyl (C=O) groups excluding carboxylic acids is 1. The fourth-order valence-electron chi connectivity index (χ4n) is 2.99. The minimum absolute atomic E-state index is 0.0626. The van der Waals surface area contributed by atoms with Crippen molar-refractivity contribution in [2.75, 3.05) is 19.6 Å². The number of fused-ring (bicyclic) bond motifs is 1. The fourth-order valence-corrected chi connectivity index (χ4v) is 2.99. The van der Waals surface area contributed by atoms with Crippen LogP contribution >= 0.6 is 0 Å². The molecule has 0 aliphatic carbocycles. The number of nitrogens with zero attached hydrogens (tertiary/aromatic N) is 4. The maximum Gasteiger partial charge on any atom is 0.273 e. The minimum Gasteiger partial charge on any atom is -0.464 e. The van der Waals surface area contributed by atoms with Gasteiger partial charge in [-0.2, -0.15) is 5.10 Å². The molecule has 0 bridgehead atoms. The zero-order valence-electron chi connectivity index (χ0n) is 12.8. The van der Waals surface area contributed by atoms with Crippen molar-refractivity contribution >= 4 is 16.9 Å². The van der Waals surface area contributed by atoms with E-state index in [4.69, 9.17) is 4.42 Å². The predicted octanol–water partition coefficient (Wildman–Crippen LogP) is 1.35. The Kier molecular flexibility index (Phi) is 3.34. The number of carbonyl (C=O) groups is 1. The van der Waals surface area contributed by atoms with E-state index in [-0.39, 0.29) is 11.9 Å². The van der Waals surface area contributed by atoms with E-state index in [1.807, 2.05) is 24.3 Å². The number of aryl methyl sites for hydroxylation is 1. The summed E-state index contributed by atoms with van der Waals surface area (Å²) in [6.07, 6.45) is 7.00. The van der Waals surface area contributed by atoms with E-state index < -0.39 is 0 Å². The Hall–Kier alpha value is -2.67. The van der Waals surface area contributed by atoms with Crippen LogP contribution in [-0.2, 0) is 7.05 Å². The second kappa shape index (κ2) is 5.51. The first kappa shape index (κ1) is 14.0. The quantitative estimate of drug-likeness (QED) is 0.773. The lowest BCUT2D eigenvalue weighted by Crippen LogP contribution is -2.48. The summed E-state index contributed by atoms with van der Waals surface area (Å²) in [5, 5.41) is 8.39. The molecule has 4 heterocycles. The van der Waals surface area contributed by atoms with Crippen molar-refractivity contribution < 1.29 is 9.21 Å². The maximum atomic E-state index is 12.9. The predicted molar refractivity (Wildman–Crippen MR) is 83.9 cm³/mol. The Bertz CT molecular complexity index is 853. The van der Waals surface area contributed by atoms with Crippen molar-refractivity contribution in [2.45, 2.75) is 6.04 Å². The number of furan rings is 1. The second-order valence-corrected chi connectivity index (χ2v) is 5.70. The summed E-state index contributed by atoms with van der Waals surface area (Å²) >= 11 is 0. The van der Waals surface area contributed by atoms with Crippen molar-refractivity contribution in [2.24, 2.45) is 7.05 Å². The number of hydrogen-bond donors (Lipinski definition) is 1. The summed E-state index contributed by atoms with van der Waals surface area (Å²) in [6.45, 7) is 2.00. The van der Waals surface area contributed by atoms with Gasteiger partial charge in [0.05, 0.1) is 23.9 Å². The maximum absolute atomic E-state index is 12.9. The molecule has 1 atom stereocenters. The highest BCUT2D eigenvalue weighted by molar-refractivity contribution is 6.04. The van der Waals surface area contributed by atoms with Crippen LogP contribution in [0.3, 0.4) is 0 Å². The van der Waals surface area contributed by atoms with E-state index in [1.54, 1.807) is 29.3 Å². The molecule has 1 unspecified atom stereocenters. The van der Waals surface area contributed by atoms with Crippen LogP contribution in [0.5, 0.6) is 0 Å². The lowest BCUT2D eigenvalue weighted by molar-refractivity contribution is 0.0699. The molecule has 1 aliphatic rings. The van der Waals surface area contributed by atoms with Gasteiger partial charge in [-0.1, -0.05) is 0 Å². The van der Waals surface area contributed by atoms with E-state index in [2.05, 4.69) is 15.4 Å². The number of aromatic nitrogens is 3. The van der Waals surface area contributed by atoms with Gasteiger partial charge in [-0.25, -0.2) is 0 Å². The summed E-state index contributed by atoms with van der Waals surface area (Å²) in [5.74, 6) is -0.0626. The Morgan fingerprint density at radius 1 is 1.43 bits per heavy atom. The average molecular weight is 311 g/mol. The summed E-state index contributed by atoms with van der Waals surface area (Å²) in [4.78, 5) is 19.0. The molecule has 4 rings (SSSR count). The van der Waals surface area contributed by atoms with Gasteiger partial charge in [-0.15, -0.1) is 0 Å². The van der Waals surface area contributed by atoms with E-state index >= 15 is 0 Å². The molecule has 1 fully saturated rings. The van der Waals surface area contributed by atoms with Crippen molar-refractivity contribution in [1.82, 2.24) is 25.0 Å². The SMILES string of the molecule is Cn1cc(C2CN(C(=O)c3nccc4occc34)CCN2)cn1. The first-order valence-electron chi connectivity index (χ1n) is 7.56. The summed E-state index contributed by atoms with van der Waals surface area (Å²) < 4.78 is 7.12. The summed E-state index contributed by atoms with van der Waals surface area (Å²) in [6, 6.07) is 3.64. The van der Waals surface area contributed by atoms with Crippen LogP contribution in [0.15, 0.2) is 41.4 Å². The first-order chi connectivity index (χ1) is 11.2. The van der Waals surface area contributed by atoms with Crippen LogP contribution in [0, 0.1) is 0 Å². The van der Waals surface area contributed by atoms with Gasteiger partial charge in [0.1, 0.15) is 11.3 Å². The zero-order valence-corrected chi connectivity index (χ0v) is 12.8. The molecule has 1 saturated heterocycles. The largest absolute Gasteiger partial charge is 0.464 e. The molecule has 1 aliphatic heterocycles. The van der Waals surface area contributed by atoms with Crippen LogP contribution in [0.4, 0.5) is 0 Å². The van der Waals surface area contributed by atoms with Crippen LogP contribution in [0.25, 0.3) is 11.0 Å². The molecular formula is C16H17N5O2. The summed E-state index contributed by atoms with van der Waals surface area (Å²) in [5.41, 5.74) is 2.21. The van der Waals surface area contributed by atoms with Crippen molar-refractivity contribution in [3.8, 4) is 0 Å². The van der Waals surface area contributed by atoms with Gasteiger partial charge in [0.2, 0.25) is 0 Å². The smallest absolute Gasteiger partial charge is 0.273 e. The van der Waals surface area contributed by atoms with Crippen LogP contribution in [-0.4, -0.2) is 45.2 Å². The molecule has 7 heteroatoms. The number of piperazine rings is 1. The van der Waals surface area contributed by atoms with Gasteiger partial charge >= 0.3 is 0 Å². The van der Waals surface area contributed by atoms with E-state index in [0.29, 0.717) is 24.4 Å². The molecule has 7 nitrogen and oxygen atoms in total. The summed E-state index contributed by atoms with van der Waals surface area (Å²) in [7, 11) is 1.89. The third kappa shape index (κ3) is 2.49. The number of hydrogen-bond acceptors (Lipinski definition) is 5. The second-order valence-electron chi connectivity index (χ2n) is 5.70. The highest BCUT2D eigenvalue weighted by atomic mass is 16.3. The molecule has 23 heavy (non-hydrogen) atoms. The zero-order chi connectivity index (χ0) is 15.8. The van der Waals surface area contributed by atoms with Gasteiger partial charge in [-0.3, -0.25) is 14.5 Å². The van der Waals surface area contributed by atoms with Gasteiger partial charge in [-0.05, 0) is 12.1 Å². The monoisotopic (exact) mass is 311 g/mol. The Morgan fingerprint density at radius 2 is 2.35 bits per heavy atom. The van der Waals surface area contributed by atoms with Gasteiger partial charge in [0.25, 0.3) is 5.91 Å². The van der Waals surface area contributed by atoms with Gasteiger partial charge in [0.15, 0.2) is 0 Å². The lowest BCUT2D eigenvalue weighted by atomic mass is 10.1. The van der Waals surface area contributed by atoms with Gasteiger partial charge < -0.3 is 14.6 Å². The third-order valence-corrected chi connectivity index (χ3v) is 4.17. The van der Waals surface area contributed by atoms with Crippen molar-refractivity contribution in [3.63, 3.8) is 0 Å². The Balaban J connectivity index is 1.60. The molecule has 1 N–H and O–H groups in total. The molecular weight excluding hydrogens is 294 g/mol. The molecule has 0 radical (unpaired) electrons. The molecule has 0 spiro atoms. The highest BCUT2D eigenvalue weighted by Gasteiger charge is 2.27. The normalized spacial score (nSPS) is 18.5. The highest BCUT2D eigenvalue weighted by Crippen LogP contribution is 2.22. The average Bonchev–Trinajstić information content (AvgIpc) is 3.22. The number of nitrogens with one attached hydrogen (secondary N) is 1. The lowest BCUT2D eigenvalue weighted by Gasteiger charge is -2.33. The number of rotatable bonds is 2. The van der Waals surface area contributed by atoms with Crippen LogP contribution in [0.1, 0.15) is 22.1 Å². The topological polar surface area (TPSA) is 76.2 Å². The molecule has 118 valence electrons. The number of amides is 1. The van der Waals surface area contributed by atoms with E-state index in [1.165, 1.54) is 0 Å². The van der Waals surface area contributed by atoms with Crippen LogP contribution in [0.2, 0.25) is 0 Å². The molecule has 3 aromatic rings. The standard InChI is InChI=1S/C16H17N5O2/c1-20-9-11(8-19-20)13-10-21(6-5-17-13)16(22)15-12-3-7-23-14(12)2-4-18-15/h2-4,7-9,13,17H,5-6,10H2,1H3. The van der Waals surface area contributed by atoms with E-state index in [9.17, 15) is 4.79 Å². The Morgan fingerprint density at radius 3 is 3.17 bits per heavy atom. The fraction of sp³-hybridized carbons (Fsp3) is 0.312. The van der Waals surface area contributed by atoms with Crippen molar-refractivity contribution in [3.05, 3.63) is 48.2 Å². The molecule has 0 saturated carbocycles. The van der Waals surface area contributed by atoms with Gasteiger partial charge in [0, 0.05) is 44.6 Å².